The maximum atomic E-state index is 12.9. The van der Waals surface area contributed by atoms with E-state index in [9.17, 15) is 9.59 Å². The molecule has 27 heavy (non-hydrogen) atoms. The zero-order chi connectivity index (χ0) is 19.4. The fourth-order valence-corrected chi connectivity index (χ4v) is 2.80. The highest BCUT2D eigenvalue weighted by Crippen LogP contribution is 2.18. The summed E-state index contributed by atoms with van der Waals surface area (Å²) in [6, 6.07) is 10.5. The number of oxazole rings is 1. The highest BCUT2D eigenvalue weighted by atomic mass is 16.4. The number of carbonyl (C=O) groups excluding carboxylic acids is 1. The molecule has 0 atom stereocenters. The minimum Gasteiger partial charge on any atom is -0.407 e. The number of pyridine rings is 1. The fourth-order valence-electron chi connectivity index (χ4n) is 2.80. The molecular formula is C19H19N5O3. The zero-order valence-electron chi connectivity index (χ0n) is 15.1. The first-order valence-corrected chi connectivity index (χ1v) is 8.52. The van der Waals surface area contributed by atoms with Crippen molar-refractivity contribution in [3.05, 3.63) is 58.2 Å². The van der Waals surface area contributed by atoms with Gasteiger partial charge >= 0.3 is 5.76 Å². The van der Waals surface area contributed by atoms with Crippen LogP contribution in [0.15, 0.2) is 45.7 Å². The number of carbonyl (C=O) groups is 1. The Labute approximate surface area is 155 Å². The summed E-state index contributed by atoms with van der Waals surface area (Å²) in [7, 11) is 1.85. The Balaban J connectivity index is 1.75. The quantitative estimate of drug-likeness (QED) is 0.716. The summed E-state index contributed by atoms with van der Waals surface area (Å²) in [6.45, 7) is 3.38. The van der Waals surface area contributed by atoms with Crippen molar-refractivity contribution in [1.29, 1.82) is 5.26 Å². The SMILES string of the molecule is CCN(CCN(C)c1cc(C#N)ccn1)C(=O)c1cccc2[nH]c(=O)oc12. The fraction of sp³-hybridized carbons (Fsp3) is 0.263. The van der Waals surface area contributed by atoms with Crippen molar-refractivity contribution in [3.63, 3.8) is 0 Å². The number of aromatic nitrogens is 2. The number of hydrogen-bond acceptors (Lipinski definition) is 6. The molecular weight excluding hydrogens is 346 g/mol. The van der Waals surface area contributed by atoms with E-state index in [4.69, 9.17) is 9.68 Å². The van der Waals surface area contributed by atoms with Gasteiger partial charge in [-0.3, -0.25) is 9.78 Å². The van der Waals surface area contributed by atoms with E-state index in [1.807, 2.05) is 18.9 Å². The second-order valence-electron chi connectivity index (χ2n) is 6.02. The van der Waals surface area contributed by atoms with Crippen molar-refractivity contribution in [2.24, 2.45) is 0 Å². The Morgan fingerprint density at radius 1 is 1.33 bits per heavy atom. The second kappa shape index (κ2) is 7.74. The van der Waals surface area contributed by atoms with Gasteiger partial charge < -0.3 is 14.2 Å². The molecule has 3 rings (SSSR count). The van der Waals surface area contributed by atoms with Gasteiger partial charge in [0.1, 0.15) is 5.82 Å². The van der Waals surface area contributed by atoms with Gasteiger partial charge in [0.15, 0.2) is 5.58 Å². The van der Waals surface area contributed by atoms with Crippen molar-refractivity contribution in [3.8, 4) is 6.07 Å². The van der Waals surface area contributed by atoms with E-state index in [2.05, 4.69) is 16.0 Å². The van der Waals surface area contributed by atoms with Crippen molar-refractivity contribution >= 4 is 22.8 Å². The molecule has 0 unspecified atom stereocenters. The third-order valence-corrected chi connectivity index (χ3v) is 4.32. The molecule has 2 aromatic heterocycles. The van der Waals surface area contributed by atoms with Gasteiger partial charge in [-0.2, -0.15) is 5.26 Å². The molecule has 8 heteroatoms. The smallest absolute Gasteiger partial charge is 0.407 e. The van der Waals surface area contributed by atoms with Crippen LogP contribution in [-0.2, 0) is 0 Å². The van der Waals surface area contributed by atoms with E-state index < -0.39 is 5.76 Å². The van der Waals surface area contributed by atoms with E-state index in [0.717, 1.165) is 0 Å². The van der Waals surface area contributed by atoms with Gasteiger partial charge in [-0.1, -0.05) is 6.07 Å². The maximum absolute atomic E-state index is 12.9. The summed E-state index contributed by atoms with van der Waals surface area (Å²) in [5, 5.41) is 9.00. The zero-order valence-corrected chi connectivity index (χ0v) is 15.1. The summed E-state index contributed by atoms with van der Waals surface area (Å²) in [5.41, 5.74) is 1.64. The number of likely N-dealkylation sites (N-methyl/N-ethyl adjacent to an activating group) is 2. The van der Waals surface area contributed by atoms with E-state index in [-0.39, 0.29) is 11.5 Å². The molecule has 0 radical (unpaired) electrons. The van der Waals surface area contributed by atoms with Gasteiger partial charge in [0.05, 0.1) is 22.7 Å². The lowest BCUT2D eigenvalue weighted by Crippen LogP contribution is -2.37. The number of para-hydroxylation sites is 1. The number of H-pyrrole nitrogens is 1. The number of nitrogens with one attached hydrogen (secondary N) is 1. The molecule has 0 saturated heterocycles. The van der Waals surface area contributed by atoms with Crippen molar-refractivity contribution in [2.45, 2.75) is 6.92 Å². The van der Waals surface area contributed by atoms with Crippen LogP contribution in [0.4, 0.5) is 5.82 Å². The number of amides is 1. The predicted octanol–water partition coefficient (Wildman–Crippen LogP) is 1.99. The van der Waals surface area contributed by atoms with Gasteiger partial charge in [-0.15, -0.1) is 0 Å². The monoisotopic (exact) mass is 365 g/mol. The number of benzene rings is 1. The molecule has 138 valence electrons. The first-order valence-electron chi connectivity index (χ1n) is 8.52. The molecule has 3 aromatic rings. The predicted molar refractivity (Wildman–Crippen MR) is 101 cm³/mol. The van der Waals surface area contributed by atoms with Gasteiger partial charge in [0.25, 0.3) is 5.91 Å². The Kier molecular flexibility index (Phi) is 5.22. The van der Waals surface area contributed by atoms with Crippen LogP contribution >= 0.6 is 0 Å². The highest BCUT2D eigenvalue weighted by Gasteiger charge is 2.20. The summed E-state index contributed by atoms with van der Waals surface area (Å²) in [6.07, 6.45) is 1.59. The lowest BCUT2D eigenvalue weighted by atomic mass is 10.1. The van der Waals surface area contributed by atoms with Crippen LogP contribution in [0.25, 0.3) is 11.1 Å². The summed E-state index contributed by atoms with van der Waals surface area (Å²) in [4.78, 5) is 34.7. The molecule has 1 amide bonds. The first-order chi connectivity index (χ1) is 13.0. The molecule has 0 aliphatic carbocycles. The van der Waals surface area contributed by atoms with Crippen molar-refractivity contribution in [1.82, 2.24) is 14.9 Å². The number of anilines is 1. The normalized spacial score (nSPS) is 10.6. The highest BCUT2D eigenvalue weighted by molar-refractivity contribution is 6.04. The van der Waals surface area contributed by atoms with Crippen molar-refractivity contribution in [2.75, 3.05) is 31.6 Å². The maximum Gasteiger partial charge on any atom is 0.417 e. The van der Waals surface area contributed by atoms with Crippen LogP contribution in [0.5, 0.6) is 0 Å². The van der Waals surface area contributed by atoms with Gasteiger partial charge in [0, 0.05) is 32.9 Å². The second-order valence-corrected chi connectivity index (χ2v) is 6.02. The summed E-state index contributed by atoms with van der Waals surface area (Å²) < 4.78 is 5.13. The van der Waals surface area contributed by atoms with Crippen LogP contribution in [-0.4, -0.2) is 47.5 Å². The Morgan fingerprint density at radius 3 is 2.89 bits per heavy atom. The molecule has 1 aromatic carbocycles. The standard InChI is InChI=1S/C19H19N5O3/c1-3-24(10-9-23(2)16-11-13(12-20)7-8-21-16)18(25)14-5-4-6-15-17(14)27-19(26)22-15/h4-8,11H,3,9-10H2,1-2H3,(H,22,26). The summed E-state index contributed by atoms with van der Waals surface area (Å²) >= 11 is 0. The molecule has 0 fully saturated rings. The number of nitrogens with zero attached hydrogens (tertiary/aromatic N) is 4. The molecule has 0 aliphatic rings. The number of fused-ring (bicyclic) bond motifs is 1. The van der Waals surface area contributed by atoms with E-state index >= 15 is 0 Å². The van der Waals surface area contributed by atoms with E-state index in [1.165, 1.54) is 0 Å². The molecule has 8 nitrogen and oxygen atoms in total. The number of nitriles is 1. The average molecular weight is 365 g/mol. The Morgan fingerprint density at radius 2 is 2.15 bits per heavy atom. The van der Waals surface area contributed by atoms with Crippen LogP contribution in [0.1, 0.15) is 22.8 Å². The van der Waals surface area contributed by atoms with E-state index in [1.54, 1.807) is 41.4 Å². The minimum atomic E-state index is -0.587. The molecule has 0 spiro atoms. The Hall–Kier alpha value is -3.60. The molecule has 1 N–H and O–H groups in total. The average Bonchev–Trinajstić information content (AvgIpc) is 3.08. The van der Waals surface area contributed by atoms with Gasteiger partial charge in [-0.25, -0.2) is 9.78 Å². The Bertz CT molecular complexity index is 1060. The van der Waals surface area contributed by atoms with Crippen molar-refractivity contribution < 1.29 is 9.21 Å². The molecule has 2 heterocycles. The molecule has 0 aliphatic heterocycles. The first kappa shape index (κ1) is 18.2. The van der Waals surface area contributed by atoms with Crippen LogP contribution < -0.4 is 10.7 Å². The lowest BCUT2D eigenvalue weighted by Gasteiger charge is -2.25. The molecule has 0 saturated carbocycles. The molecule has 0 bridgehead atoms. The largest absolute Gasteiger partial charge is 0.417 e. The number of aromatic amines is 1. The number of rotatable bonds is 6. The third kappa shape index (κ3) is 3.82. The van der Waals surface area contributed by atoms with Crippen LogP contribution in [0.2, 0.25) is 0 Å². The van der Waals surface area contributed by atoms with Gasteiger partial charge in [0.2, 0.25) is 0 Å². The number of hydrogen-bond donors (Lipinski definition) is 1. The minimum absolute atomic E-state index is 0.210. The van der Waals surface area contributed by atoms with Gasteiger partial charge in [-0.05, 0) is 31.2 Å². The van der Waals surface area contributed by atoms with Crippen LogP contribution in [0.3, 0.4) is 0 Å². The summed E-state index contributed by atoms with van der Waals surface area (Å²) in [5.74, 6) is -0.134. The van der Waals surface area contributed by atoms with Crippen LogP contribution in [0, 0.1) is 11.3 Å². The third-order valence-electron chi connectivity index (χ3n) is 4.32. The topological polar surface area (TPSA) is 106 Å². The lowest BCUT2D eigenvalue weighted by molar-refractivity contribution is 0.0769. The van der Waals surface area contributed by atoms with E-state index in [0.29, 0.717) is 42.1 Å².